The van der Waals surface area contributed by atoms with E-state index in [1.165, 1.54) is 0 Å². The average Bonchev–Trinajstić information content (AvgIpc) is 2.95. The van der Waals surface area contributed by atoms with Gasteiger partial charge >= 0.3 is 0 Å². The Balaban J connectivity index is 2.02. The second kappa shape index (κ2) is 5.71. The second-order valence-electron chi connectivity index (χ2n) is 5.85. The van der Waals surface area contributed by atoms with E-state index in [9.17, 15) is 4.79 Å². The highest BCUT2D eigenvalue weighted by molar-refractivity contribution is 5.84. The summed E-state index contributed by atoms with van der Waals surface area (Å²) in [7, 11) is 0. The molecule has 0 bridgehead atoms. The van der Waals surface area contributed by atoms with E-state index < -0.39 is 0 Å². The van der Waals surface area contributed by atoms with Crippen molar-refractivity contribution in [2.24, 2.45) is 5.92 Å². The van der Waals surface area contributed by atoms with Crippen LogP contribution < -0.4 is 5.56 Å². The fourth-order valence-electron chi connectivity index (χ4n) is 2.47. The Bertz CT molecular complexity index is 850. The standard InChI is InChI=1S/C16H18N4O2/c1-9(2)8-13-17-16(22-20-13)10(3)14-11-6-4-5-7-12(11)15(21)19-18-14/h4-7,9-10H,8H2,1-3H3,(H,19,21)/t10-/m1/s1. The van der Waals surface area contributed by atoms with E-state index in [2.05, 4.69) is 34.2 Å². The summed E-state index contributed by atoms with van der Waals surface area (Å²) >= 11 is 0. The van der Waals surface area contributed by atoms with Crippen LogP contribution in [-0.4, -0.2) is 20.3 Å². The van der Waals surface area contributed by atoms with Crippen LogP contribution >= 0.6 is 0 Å². The van der Waals surface area contributed by atoms with E-state index in [4.69, 9.17) is 4.52 Å². The summed E-state index contributed by atoms with van der Waals surface area (Å²) in [6, 6.07) is 7.38. The van der Waals surface area contributed by atoms with Crippen molar-refractivity contribution in [2.45, 2.75) is 33.1 Å². The van der Waals surface area contributed by atoms with Gasteiger partial charge in [0.2, 0.25) is 5.89 Å². The summed E-state index contributed by atoms with van der Waals surface area (Å²) in [6.07, 6.45) is 0.774. The van der Waals surface area contributed by atoms with Gasteiger partial charge in [0.25, 0.3) is 5.56 Å². The van der Waals surface area contributed by atoms with E-state index in [1.807, 2.05) is 25.1 Å². The number of rotatable bonds is 4. The molecule has 22 heavy (non-hydrogen) atoms. The third-order valence-corrected chi connectivity index (χ3v) is 3.58. The molecule has 0 aliphatic heterocycles. The van der Waals surface area contributed by atoms with Gasteiger partial charge in [-0.25, -0.2) is 5.10 Å². The predicted molar refractivity (Wildman–Crippen MR) is 82.7 cm³/mol. The van der Waals surface area contributed by atoms with Crippen LogP contribution in [0, 0.1) is 5.92 Å². The number of nitrogens with zero attached hydrogens (tertiary/aromatic N) is 3. The van der Waals surface area contributed by atoms with Crippen LogP contribution in [0.15, 0.2) is 33.6 Å². The molecule has 1 atom stereocenters. The van der Waals surface area contributed by atoms with Crippen molar-refractivity contribution in [3.05, 3.63) is 52.0 Å². The molecule has 2 aromatic heterocycles. The van der Waals surface area contributed by atoms with Crippen LogP contribution in [-0.2, 0) is 6.42 Å². The Morgan fingerprint density at radius 1 is 1.18 bits per heavy atom. The minimum Gasteiger partial charge on any atom is -0.339 e. The number of nitrogens with one attached hydrogen (secondary N) is 1. The topological polar surface area (TPSA) is 84.7 Å². The van der Waals surface area contributed by atoms with Gasteiger partial charge in [0.05, 0.1) is 17.0 Å². The van der Waals surface area contributed by atoms with E-state index in [-0.39, 0.29) is 11.5 Å². The maximum atomic E-state index is 11.8. The molecule has 0 unspecified atom stereocenters. The van der Waals surface area contributed by atoms with Gasteiger partial charge in [-0.2, -0.15) is 10.1 Å². The van der Waals surface area contributed by atoms with Crippen molar-refractivity contribution in [1.29, 1.82) is 0 Å². The van der Waals surface area contributed by atoms with Crippen molar-refractivity contribution in [3.8, 4) is 0 Å². The number of hydrogen-bond acceptors (Lipinski definition) is 5. The summed E-state index contributed by atoms with van der Waals surface area (Å²) in [6.45, 7) is 6.16. The number of aromatic amines is 1. The molecule has 3 rings (SSSR count). The van der Waals surface area contributed by atoms with Crippen molar-refractivity contribution in [3.63, 3.8) is 0 Å². The van der Waals surface area contributed by atoms with Crippen molar-refractivity contribution in [2.75, 3.05) is 0 Å². The number of aromatic nitrogens is 4. The van der Waals surface area contributed by atoms with Gasteiger partial charge in [-0.15, -0.1) is 0 Å². The van der Waals surface area contributed by atoms with Crippen molar-refractivity contribution >= 4 is 10.8 Å². The highest BCUT2D eigenvalue weighted by Gasteiger charge is 2.21. The van der Waals surface area contributed by atoms with Gasteiger partial charge < -0.3 is 4.52 Å². The van der Waals surface area contributed by atoms with E-state index in [0.29, 0.717) is 23.0 Å². The lowest BCUT2D eigenvalue weighted by Crippen LogP contribution is -2.13. The fraction of sp³-hybridized carbons (Fsp3) is 0.375. The van der Waals surface area contributed by atoms with E-state index >= 15 is 0 Å². The Hall–Kier alpha value is -2.50. The summed E-state index contributed by atoms with van der Waals surface area (Å²) < 4.78 is 5.37. The molecule has 0 radical (unpaired) electrons. The summed E-state index contributed by atoms with van der Waals surface area (Å²) in [4.78, 5) is 16.3. The van der Waals surface area contributed by atoms with Gasteiger partial charge in [0.1, 0.15) is 0 Å². The lowest BCUT2D eigenvalue weighted by Gasteiger charge is -2.08. The zero-order chi connectivity index (χ0) is 15.7. The zero-order valence-electron chi connectivity index (χ0n) is 12.8. The number of hydrogen-bond donors (Lipinski definition) is 1. The highest BCUT2D eigenvalue weighted by Crippen LogP contribution is 2.26. The molecule has 0 aliphatic carbocycles. The van der Waals surface area contributed by atoms with E-state index in [1.54, 1.807) is 6.07 Å². The number of benzene rings is 1. The molecule has 0 fully saturated rings. The smallest absolute Gasteiger partial charge is 0.272 e. The quantitative estimate of drug-likeness (QED) is 0.800. The van der Waals surface area contributed by atoms with Gasteiger partial charge in [-0.05, 0) is 18.9 Å². The third kappa shape index (κ3) is 2.64. The SMILES string of the molecule is CC(C)Cc1noc([C@H](C)c2n[nH]c(=O)c3ccccc23)n1. The lowest BCUT2D eigenvalue weighted by atomic mass is 10.0. The summed E-state index contributed by atoms with van der Waals surface area (Å²) in [5.74, 6) is 1.49. The molecule has 0 saturated heterocycles. The first kappa shape index (κ1) is 14.4. The molecule has 2 heterocycles. The molecule has 0 amide bonds. The zero-order valence-corrected chi connectivity index (χ0v) is 12.8. The lowest BCUT2D eigenvalue weighted by molar-refractivity contribution is 0.362. The molecule has 0 spiro atoms. The van der Waals surface area contributed by atoms with Crippen molar-refractivity contribution in [1.82, 2.24) is 20.3 Å². The Morgan fingerprint density at radius 3 is 2.64 bits per heavy atom. The van der Waals surface area contributed by atoms with Crippen LogP contribution in [0.5, 0.6) is 0 Å². The van der Waals surface area contributed by atoms with E-state index in [0.717, 1.165) is 17.5 Å². The molecule has 3 aromatic rings. The Labute approximate surface area is 127 Å². The molecular weight excluding hydrogens is 280 g/mol. The average molecular weight is 298 g/mol. The normalized spacial score (nSPS) is 12.9. The Kier molecular flexibility index (Phi) is 3.75. The largest absolute Gasteiger partial charge is 0.339 e. The predicted octanol–water partition coefficient (Wildman–Crippen LogP) is 2.66. The van der Waals surface area contributed by atoms with Crippen LogP contribution in [0.25, 0.3) is 10.8 Å². The first-order valence-corrected chi connectivity index (χ1v) is 7.36. The summed E-state index contributed by atoms with van der Waals surface area (Å²) in [5.41, 5.74) is 0.535. The first-order valence-electron chi connectivity index (χ1n) is 7.36. The molecule has 6 heteroatoms. The molecule has 0 saturated carbocycles. The van der Waals surface area contributed by atoms with Crippen LogP contribution in [0.4, 0.5) is 0 Å². The maximum Gasteiger partial charge on any atom is 0.272 e. The highest BCUT2D eigenvalue weighted by atomic mass is 16.5. The minimum atomic E-state index is -0.197. The van der Waals surface area contributed by atoms with Gasteiger partial charge in [0.15, 0.2) is 5.82 Å². The number of H-pyrrole nitrogens is 1. The Morgan fingerprint density at radius 2 is 1.91 bits per heavy atom. The van der Waals surface area contributed by atoms with Crippen molar-refractivity contribution < 1.29 is 4.52 Å². The van der Waals surface area contributed by atoms with Gasteiger partial charge in [-0.3, -0.25) is 4.79 Å². The molecule has 1 N–H and O–H groups in total. The second-order valence-corrected chi connectivity index (χ2v) is 5.85. The number of fused-ring (bicyclic) bond motifs is 1. The van der Waals surface area contributed by atoms with Gasteiger partial charge in [-0.1, -0.05) is 37.2 Å². The maximum absolute atomic E-state index is 11.8. The van der Waals surface area contributed by atoms with Crippen LogP contribution in [0.2, 0.25) is 0 Å². The van der Waals surface area contributed by atoms with Crippen LogP contribution in [0.1, 0.15) is 44.1 Å². The minimum absolute atomic E-state index is 0.185. The van der Waals surface area contributed by atoms with Crippen LogP contribution in [0.3, 0.4) is 0 Å². The molecule has 1 aromatic carbocycles. The first-order chi connectivity index (χ1) is 10.6. The fourth-order valence-corrected chi connectivity index (χ4v) is 2.47. The molecule has 0 aliphatic rings. The van der Waals surface area contributed by atoms with Gasteiger partial charge in [0, 0.05) is 11.8 Å². The monoisotopic (exact) mass is 298 g/mol. The molecule has 6 nitrogen and oxygen atoms in total. The molecular formula is C16H18N4O2. The summed E-state index contributed by atoms with van der Waals surface area (Å²) in [5, 5.41) is 12.2. The third-order valence-electron chi connectivity index (χ3n) is 3.58. The molecule has 114 valence electrons.